The van der Waals surface area contributed by atoms with Gasteiger partial charge in [-0.15, -0.1) is 9.24 Å². The average molecular weight is 192 g/mol. The second-order valence-corrected chi connectivity index (χ2v) is 5.90. The summed E-state index contributed by atoms with van der Waals surface area (Å²) in [4.78, 5) is 10.7. The number of rotatable bonds is 0. The van der Waals surface area contributed by atoms with Crippen molar-refractivity contribution < 1.29 is 9.53 Å². The number of ether oxygens (including phenoxy) is 1. The summed E-state index contributed by atoms with van der Waals surface area (Å²) in [7, 11) is 12.9. The minimum atomic E-state index is -0.714. The first-order valence-corrected chi connectivity index (χ1v) is 4.46. The van der Waals surface area contributed by atoms with Crippen molar-refractivity contribution in [2.24, 2.45) is 0 Å². The molecule has 0 amide bonds. The van der Waals surface area contributed by atoms with E-state index < -0.39 is 10.1 Å². The van der Waals surface area contributed by atoms with Crippen LogP contribution < -0.4 is 0 Å². The van der Waals surface area contributed by atoms with Gasteiger partial charge in [0.1, 0.15) is 5.08 Å². The van der Waals surface area contributed by atoms with Crippen LogP contribution >= 0.6 is 27.7 Å². The average Bonchev–Trinajstić information content (AvgIpc) is 1.73. The third-order valence-corrected chi connectivity index (χ3v) is 4.08. The molecule has 1 aliphatic rings. The maximum Gasteiger partial charge on any atom is 0.307 e. The molecule has 1 rings (SSSR count). The van der Waals surface area contributed by atoms with E-state index in [1.54, 1.807) is 0 Å². The molecule has 1 saturated heterocycles. The second kappa shape index (κ2) is 2.41. The van der Waals surface area contributed by atoms with Crippen LogP contribution in [0.1, 0.15) is 6.42 Å². The summed E-state index contributed by atoms with van der Waals surface area (Å²) >= 11 is 0. The summed E-state index contributed by atoms with van der Waals surface area (Å²) in [6.45, 7) is 0. The summed E-state index contributed by atoms with van der Waals surface area (Å²) in [5.41, 5.74) is 0. The molecule has 1 heterocycles. The Morgan fingerprint density at radius 1 is 1.50 bits per heavy atom. The number of esters is 1. The van der Waals surface area contributed by atoms with E-state index in [-0.39, 0.29) is 12.4 Å². The van der Waals surface area contributed by atoms with Crippen LogP contribution in [0.5, 0.6) is 0 Å². The van der Waals surface area contributed by atoms with Crippen molar-refractivity contribution in [3.8, 4) is 0 Å². The lowest BCUT2D eigenvalue weighted by Crippen LogP contribution is -2.35. The fourth-order valence-corrected chi connectivity index (χ4v) is 1.39. The zero-order valence-corrected chi connectivity index (χ0v) is 8.80. The van der Waals surface area contributed by atoms with E-state index in [1.165, 1.54) is 0 Å². The van der Waals surface area contributed by atoms with Crippen LogP contribution in [0.15, 0.2) is 0 Å². The Bertz CT molecular complexity index is 161. The lowest BCUT2D eigenvalue weighted by atomic mass is 9.85. The zero-order chi connectivity index (χ0) is 7.99. The molecule has 54 valence electrons. The van der Waals surface area contributed by atoms with Crippen LogP contribution in [-0.4, -0.2) is 24.0 Å². The summed E-state index contributed by atoms with van der Waals surface area (Å²) in [5.74, 6) is -0.262. The van der Waals surface area contributed by atoms with Gasteiger partial charge in [-0.25, -0.2) is 0 Å². The molecule has 0 aromatic carbocycles. The maximum atomic E-state index is 10.7. The SMILES string of the molecule is [B]C1(P)CC(=O)OC1(P)P. The standard InChI is InChI=1S/C4H8BO2P3/c5-3(8)1-2(6)7-4(3,9)10/h1,8-10H2. The van der Waals surface area contributed by atoms with Gasteiger partial charge in [0.25, 0.3) is 0 Å². The van der Waals surface area contributed by atoms with Crippen molar-refractivity contribution in [3.05, 3.63) is 0 Å². The van der Waals surface area contributed by atoms with E-state index in [1.807, 2.05) is 0 Å². The van der Waals surface area contributed by atoms with Crippen LogP contribution in [0.25, 0.3) is 0 Å². The molecule has 0 N–H and O–H groups in total. The fourth-order valence-electron chi connectivity index (χ4n) is 0.696. The molecular formula is C4H8BO2P3. The van der Waals surface area contributed by atoms with E-state index in [0.717, 1.165) is 0 Å². The van der Waals surface area contributed by atoms with Crippen LogP contribution in [0.4, 0.5) is 0 Å². The molecular weight excluding hydrogens is 184 g/mol. The molecule has 0 spiro atoms. The molecule has 0 bridgehead atoms. The van der Waals surface area contributed by atoms with Crippen molar-refractivity contribution in [2.45, 2.75) is 16.6 Å². The summed E-state index contributed by atoms with van der Waals surface area (Å²) in [6.07, 6.45) is 0.241. The van der Waals surface area contributed by atoms with Gasteiger partial charge in [-0.05, 0) is 0 Å². The Labute approximate surface area is 68.2 Å². The van der Waals surface area contributed by atoms with E-state index >= 15 is 0 Å². The lowest BCUT2D eigenvalue weighted by Gasteiger charge is -2.30. The Morgan fingerprint density at radius 2 is 2.00 bits per heavy atom. The minimum absolute atomic E-state index is 0.241. The van der Waals surface area contributed by atoms with E-state index in [2.05, 4.69) is 27.7 Å². The van der Waals surface area contributed by atoms with Gasteiger partial charge in [0, 0.05) is 5.06 Å². The number of carbonyl (C=O) groups excluding carboxylic acids is 1. The van der Waals surface area contributed by atoms with Gasteiger partial charge >= 0.3 is 5.97 Å². The zero-order valence-electron chi connectivity index (χ0n) is 5.33. The van der Waals surface area contributed by atoms with E-state index in [4.69, 9.17) is 12.6 Å². The molecule has 2 nitrogen and oxygen atoms in total. The van der Waals surface area contributed by atoms with Gasteiger partial charge in [0.05, 0.1) is 14.3 Å². The highest BCUT2D eigenvalue weighted by molar-refractivity contribution is 7.43. The van der Waals surface area contributed by atoms with Crippen molar-refractivity contribution in [2.75, 3.05) is 0 Å². The molecule has 10 heavy (non-hydrogen) atoms. The number of carbonyl (C=O) groups is 1. The fraction of sp³-hybridized carbons (Fsp3) is 0.750. The predicted molar refractivity (Wildman–Crippen MR) is 51.1 cm³/mol. The first-order chi connectivity index (χ1) is 4.35. The van der Waals surface area contributed by atoms with Crippen LogP contribution in [0, 0.1) is 0 Å². The van der Waals surface area contributed by atoms with Crippen LogP contribution in [0.3, 0.4) is 0 Å². The maximum absolute atomic E-state index is 10.7. The third kappa shape index (κ3) is 1.37. The molecule has 0 aromatic heterocycles. The van der Waals surface area contributed by atoms with Crippen molar-refractivity contribution in [1.82, 2.24) is 0 Å². The molecule has 0 saturated carbocycles. The quantitative estimate of drug-likeness (QED) is 0.308. The van der Waals surface area contributed by atoms with Gasteiger partial charge in [0.2, 0.25) is 0 Å². The Balaban J connectivity index is 2.88. The highest BCUT2D eigenvalue weighted by Gasteiger charge is 2.48. The highest BCUT2D eigenvalue weighted by atomic mass is 31.1. The minimum Gasteiger partial charge on any atom is -0.451 e. The Morgan fingerprint density at radius 3 is 2.10 bits per heavy atom. The molecule has 2 radical (unpaired) electrons. The van der Waals surface area contributed by atoms with Gasteiger partial charge in [-0.2, -0.15) is 0 Å². The first-order valence-electron chi connectivity index (χ1n) is 2.72. The number of cyclic esters (lactones) is 1. The van der Waals surface area contributed by atoms with Crippen molar-refractivity contribution in [3.63, 3.8) is 0 Å². The van der Waals surface area contributed by atoms with Gasteiger partial charge in [0.15, 0.2) is 0 Å². The van der Waals surface area contributed by atoms with Crippen LogP contribution in [0.2, 0.25) is 0 Å². The van der Waals surface area contributed by atoms with Crippen LogP contribution in [-0.2, 0) is 9.53 Å². The van der Waals surface area contributed by atoms with Gasteiger partial charge in [-0.1, -0.05) is 18.5 Å². The van der Waals surface area contributed by atoms with E-state index in [0.29, 0.717) is 0 Å². The normalized spacial score (nSPS) is 37.7. The molecule has 4 atom stereocenters. The molecule has 0 aliphatic carbocycles. The molecule has 1 aliphatic heterocycles. The highest BCUT2D eigenvalue weighted by Crippen LogP contribution is 2.50. The Kier molecular flexibility index (Phi) is 2.15. The molecule has 6 heteroatoms. The largest absolute Gasteiger partial charge is 0.451 e. The predicted octanol–water partition coefficient (Wildman–Crippen LogP) is 0.0772. The number of hydrogen-bond donors (Lipinski definition) is 0. The Hall–Kier alpha value is 0.825. The van der Waals surface area contributed by atoms with Crippen molar-refractivity contribution in [1.29, 1.82) is 0 Å². The van der Waals surface area contributed by atoms with Gasteiger partial charge in [-0.3, -0.25) is 4.79 Å². The third-order valence-electron chi connectivity index (χ3n) is 1.45. The summed E-state index contributed by atoms with van der Waals surface area (Å²) in [5, 5.41) is -1.38. The monoisotopic (exact) mass is 192 g/mol. The molecule has 0 aromatic rings. The summed E-state index contributed by atoms with van der Waals surface area (Å²) in [6, 6.07) is 0. The molecule has 4 unspecified atom stereocenters. The van der Waals surface area contributed by atoms with E-state index in [9.17, 15) is 4.79 Å². The second-order valence-electron chi connectivity index (χ2n) is 2.48. The van der Waals surface area contributed by atoms with Gasteiger partial charge < -0.3 is 4.74 Å². The lowest BCUT2D eigenvalue weighted by molar-refractivity contribution is -0.139. The topological polar surface area (TPSA) is 26.3 Å². The smallest absolute Gasteiger partial charge is 0.307 e. The number of hydrogen-bond acceptors (Lipinski definition) is 2. The molecule has 1 fully saturated rings. The summed E-state index contributed by atoms with van der Waals surface area (Å²) < 4.78 is 4.91. The van der Waals surface area contributed by atoms with Crippen molar-refractivity contribution >= 4 is 41.5 Å². The first kappa shape index (κ1) is 8.92.